The van der Waals surface area contributed by atoms with Crippen LogP contribution in [0, 0.1) is 0 Å². The highest BCUT2D eigenvalue weighted by atomic mass is 15.1. The summed E-state index contributed by atoms with van der Waals surface area (Å²) in [6.45, 7) is 4.23. The molecule has 7 aromatic rings. The van der Waals surface area contributed by atoms with Gasteiger partial charge in [0.1, 0.15) is 17.5 Å². The van der Waals surface area contributed by atoms with Crippen molar-refractivity contribution in [1.82, 2.24) is 44.9 Å². The highest BCUT2D eigenvalue weighted by Gasteiger charge is 2.25. The average Bonchev–Trinajstić information content (AvgIpc) is 3.30. The lowest BCUT2D eigenvalue weighted by Gasteiger charge is -2.24. The van der Waals surface area contributed by atoms with Gasteiger partial charge in [-0.25, -0.2) is 44.9 Å². The van der Waals surface area contributed by atoms with E-state index < -0.39 is 0 Å². The normalized spacial score (nSPS) is 15.2. The van der Waals surface area contributed by atoms with Crippen molar-refractivity contribution in [2.24, 2.45) is 0 Å². The number of rotatable bonds is 9. The molecule has 284 valence electrons. The maximum Gasteiger partial charge on any atom is 0.164 e. The van der Waals surface area contributed by atoms with E-state index >= 15 is 0 Å². The van der Waals surface area contributed by atoms with E-state index in [4.69, 9.17) is 44.9 Å². The van der Waals surface area contributed by atoms with Crippen molar-refractivity contribution in [3.05, 3.63) is 127 Å². The molecule has 0 radical (unpaired) electrons. The van der Waals surface area contributed by atoms with Gasteiger partial charge in [-0.2, -0.15) is 0 Å². The highest BCUT2D eigenvalue weighted by molar-refractivity contribution is 5.70. The fraction of sp³-hybridized carbons (Fsp3) is 0.312. The Hall–Kier alpha value is -6.09. The lowest BCUT2D eigenvalue weighted by molar-refractivity contribution is 0.409. The maximum absolute atomic E-state index is 5.16. The molecule has 2 saturated carbocycles. The minimum Gasteiger partial charge on any atom is -0.217 e. The molecule has 0 amide bonds. The molecule has 9 nitrogen and oxygen atoms in total. The quantitative estimate of drug-likeness (QED) is 0.142. The molecule has 4 aromatic carbocycles. The van der Waals surface area contributed by atoms with Crippen LogP contribution in [0.15, 0.2) is 109 Å². The van der Waals surface area contributed by atoms with Gasteiger partial charge in [0.25, 0.3) is 0 Å². The zero-order valence-corrected chi connectivity index (χ0v) is 32.7. The van der Waals surface area contributed by atoms with Crippen LogP contribution in [-0.4, -0.2) is 44.9 Å². The minimum atomic E-state index is 0.102. The SMILES string of the molecule is CC(C)c1nc(-c2ccc(-c3nc(-c4ccccc4)nc(-c4ccccc4)n3)cc2)nc(-c2cccc(-c3nc(C4CCCCC4)nc(C4CCCCC4)n3)c2)n1. The predicted molar refractivity (Wildman–Crippen MR) is 225 cm³/mol. The molecule has 2 fully saturated rings. The average molecular weight is 750 g/mol. The van der Waals surface area contributed by atoms with E-state index in [9.17, 15) is 0 Å². The lowest BCUT2D eigenvalue weighted by atomic mass is 9.87. The van der Waals surface area contributed by atoms with Crippen LogP contribution in [-0.2, 0) is 0 Å². The Kier molecular flexibility index (Phi) is 10.6. The van der Waals surface area contributed by atoms with Gasteiger partial charge in [0.15, 0.2) is 34.9 Å². The summed E-state index contributed by atoms with van der Waals surface area (Å²) in [5, 5.41) is 0. The van der Waals surface area contributed by atoms with Crippen LogP contribution in [0.5, 0.6) is 0 Å². The first-order valence-electron chi connectivity index (χ1n) is 20.6. The van der Waals surface area contributed by atoms with Gasteiger partial charge >= 0.3 is 0 Å². The van der Waals surface area contributed by atoms with E-state index in [1.807, 2.05) is 84.9 Å². The Bertz CT molecular complexity index is 2360. The molecule has 3 heterocycles. The number of hydrogen-bond acceptors (Lipinski definition) is 9. The molecule has 9 rings (SSSR count). The van der Waals surface area contributed by atoms with Gasteiger partial charge in [-0.05, 0) is 31.7 Å². The van der Waals surface area contributed by atoms with Gasteiger partial charge in [0.05, 0.1) is 0 Å². The molecule has 3 aromatic heterocycles. The standard InChI is InChI=1S/C48H47N9/c1-31(2)40-49-45(36-26-28-37(29-27-36)46-53-41(32-16-7-3-8-17-32)51-42(54-46)33-18-9-4-10-19-33)57-47(50-40)38-24-15-25-39(30-38)48-55-43(34-20-11-5-12-21-34)52-44(56-48)35-22-13-6-14-23-35/h3-4,7-10,15-19,24-31,34-35H,5-6,11-14,20-23H2,1-2H3. The van der Waals surface area contributed by atoms with Crippen molar-refractivity contribution in [3.8, 4) is 68.3 Å². The lowest BCUT2D eigenvalue weighted by Crippen LogP contribution is -2.16. The van der Waals surface area contributed by atoms with Crippen molar-refractivity contribution in [2.75, 3.05) is 0 Å². The minimum absolute atomic E-state index is 0.102. The van der Waals surface area contributed by atoms with Crippen LogP contribution in [0.4, 0.5) is 0 Å². The van der Waals surface area contributed by atoms with E-state index in [0.29, 0.717) is 41.0 Å². The molecule has 0 bridgehead atoms. The Balaban J connectivity index is 1.06. The summed E-state index contributed by atoms with van der Waals surface area (Å²) in [4.78, 5) is 45.1. The molecule has 0 unspecified atom stereocenters. The topological polar surface area (TPSA) is 116 Å². The number of aromatic nitrogens is 9. The third kappa shape index (κ3) is 8.24. The van der Waals surface area contributed by atoms with Crippen molar-refractivity contribution in [2.45, 2.75) is 95.8 Å². The van der Waals surface area contributed by atoms with Gasteiger partial charge in [-0.1, -0.05) is 156 Å². The highest BCUT2D eigenvalue weighted by Crippen LogP contribution is 2.36. The van der Waals surface area contributed by atoms with E-state index in [1.165, 1.54) is 38.5 Å². The molecule has 0 N–H and O–H groups in total. The smallest absolute Gasteiger partial charge is 0.164 e. The fourth-order valence-electron chi connectivity index (χ4n) is 8.04. The van der Waals surface area contributed by atoms with Gasteiger partial charge in [0, 0.05) is 51.1 Å². The van der Waals surface area contributed by atoms with Crippen LogP contribution in [0.25, 0.3) is 68.3 Å². The first kappa shape index (κ1) is 36.5. The second kappa shape index (κ2) is 16.6. The van der Waals surface area contributed by atoms with Crippen LogP contribution >= 0.6 is 0 Å². The number of hydrogen-bond donors (Lipinski definition) is 0. The molecular formula is C48H47N9. The monoisotopic (exact) mass is 749 g/mol. The van der Waals surface area contributed by atoms with Crippen molar-refractivity contribution < 1.29 is 0 Å². The summed E-state index contributed by atoms with van der Waals surface area (Å²) in [5.74, 6) is 7.45. The summed E-state index contributed by atoms with van der Waals surface area (Å²) in [6.07, 6.45) is 12.2. The van der Waals surface area contributed by atoms with E-state index in [2.05, 4.69) is 38.1 Å². The zero-order chi connectivity index (χ0) is 38.6. The third-order valence-corrected chi connectivity index (χ3v) is 11.3. The Morgan fingerprint density at radius 2 is 0.702 bits per heavy atom. The molecule has 2 aliphatic carbocycles. The molecule has 2 aliphatic rings. The van der Waals surface area contributed by atoms with Crippen molar-refractivity contribution in [1.29, 1.82) is 0 Å². The summed E-state index contributed by atoms with van der Waals surface area (Å²) in [5.41, 5.74) is 5.49. The van der Waals surface area contributed by atoms with E-state index in [-0.39, 0.29) is 5.92 Å². The first-order chi connectivity index (χ1) is 28.0. The summed E-state index contributed by atoms with van der Waals surface area (Å²) in [6, 6.07) is 36.5. The number of nitrogens with zero attached hydrogens (tertiary/aromatic N) is 9. The van der Waals surface area contributed by atoms with Gasteiger partial charge < -0.3 is 0 Å². The zero-order valence-electron chi connectivity index (χ0n) is 32.7. The van der Waals surface area contributed by atoms with Gasteiger partial charge in [-0.15, -0.1) is 0 Å². The molecule has 0 atom stereocenters. The van der Waals surface area contributed by atoms with Crippen molar-refractivity contribution >= 4 is 0 Å². The summed E-state index contributed by atoms with van der Waals surface area (Å²) in [7, 11) is 0. The second-order valence-electron chi connectivity index (χ2n) is 15.7. The van der Waals surface area contributed by atoms with Crippen LogP contribution in [0.3, 0.4) is 0 Å². The van der Waals surface area contributed by atoms with Crippen LogP contribution in [0.1, 0.15) is 113 Å². The van der Waals surface area contributed by atoms with Crippen molar-refractivity contribution in [3.63, 3.8) is 0 Å². The predicted octanol–water partition coefficient (Wildman–Crippen LogP) is 11.5. The number of benzene rings is 4. The summed E-state index contributed by atoms with van der Waals surface area (Å²) < 4.78 is 0. The second-order valence-corrected chi connectivity index (χ2v) is 15.7. The fourth-order valence-corrected chi connectivity index (χ4v) is 8.04. The third-order valence-electron chi connectivity index (χ3n) is 11.3. The van der Waals surface area contributed by atoms with Crippen LogP contribution in [0.2, 0.25) is 0 Å². The Morgan fingerprint density at radius 1 is 0.351 bits per heavy atom. The van der Waals surface area contributed by atoms with E-state index in [1.54, 1.807) is 0 Å². The first-order valence-corrected chi connectivity index (χ1v) is 20.6. The molecular weight excluding hydrogens is 703 g/mol. The molecule has 0 saturated heterocycles. The van der Waals surface area contributed by atoms with Gasteiger partial charge in [-0.3, -0.25) is 0 Å². The van der Waals surface area contributed by atoms with Crippen LogP contribution < -0.4 is 0 Å². The Labute approximate surface area is 334 Å². The summed E-state index contributed by atoms with van der Waals surface area (Å²) >= 11 is 0. The maximum atomic E-state index is 5.16. The molecule has 57 heavy (non-hydrogen) atoms. The van der Waals surface area contributed by atoms with E-state index in [0.717, 1.165) is 82.4 Å². The molecule has 9 heteroatoms. The van der Waals surface area contributed by atoms with Gasteiger partial charge in [0.2, 0.25) is 0 Å². The molecule has 0 aliphatic heterocycles. The Morgan fingerprint density at radius 3 is 1.12 bits per heavy atom. The molecule has 0 spiro atoms. The largest absolute Gasteiger partial charge is 0.217 e.